The fraction of sp³-hybridized carbons (Fsp3) is 1.00. The highest BCUT2D eigenvalue weighted by Crippen LogP contribution is 2.38. The number of nitrogens with zero attached hydrogens (tertiary/aromatic N) is 1. The molecule has 0 amide bonds. The van der Waals surface area contributed by atoms with Crippen molar-refractivity contribution in [2.45, 2.75) is 38.5 Å². The van der Waals surface area contributed by atoms with Gasteiger partial charge >= 0.3 is 0 Å². The Morgan fingerprint density at radius 1 is 1.00 bits per heavy atom. The first-order chi connectivity index (χ1) is 7.85. The SMILES string of the molecule is BrCC1(CN2CCCOCC2)CCCCC1. The van der Waals surface area contributed by atoms with E-state index in [1.54, 1.807) is 0 Å². The fourth-order valence-corrected chi connectivity index (χ4v) is 3.80. The Morgan fingerprint density at radius 2 is 1.81 bits per heavy atom. The Hall–Kier alpha value is 0.400. The highest BCUT2D eigenvalue weighted by Gasteiger charge is 2.32. The summed E-state index contributed by atoms with van der Waals surface area (Å²) in [6.45, 7) is 5.53. The molecule has 94 valence electrons. The van der Waals surface area contributed by atoms with Gasteiger partial charge in [-0.15, -0.1) is 0 Å². The van der Waals surface area contributed by atoms with Crippen LogP contribution in [0, 0.1) is 5.41 Å². The van der Waals surface area contributed by atoms with Gasteiger partial charge in [0.15, 0.2) is 0 Å². The third-order valence-electron chi connectivity index (χ3n) is 4.07. The lowest BCUT2D eigenvalue weighted by atomic mass is 9.75. The molecule has 2 nitrogen and oxygen atoms in total. The molecule has 1 aliphatic heterocycles. The molecule has 2 fully saturated rings. The van der Waals surface area contributed by atoms with Crippen LogP contribution in [-0.4, -0.2) is 43.1 Å². The number of ether oxygens (including phenoxy) is 1. The van der Waals surface area contributed by atoms with Crippen LogP contribution in [0.15, 0.2) is 0 Å². The summed E-state index contributed by atoms with van der Waals surface area (Å²) in [5, 5.41) is 1.18. The number of alkyl halides is 1. The molecule has 1 heterocycles. The van der Waals surface area contributed by atoms with Gasteiger partial charge in [0.1, 0.15) is 0 Å². The van der Waals surface area contributed by atoms with Gasteiger partial charge < -0.3 is 9.64 Å². The van der Waals surface area contributed by atoms with Gasteiger partial charge in [0, 0.05) is 31.6 Å². The van der Waals surface area contributed by atoms with E-state index >= 15 is 0 Å². The Kier molecular flexibility index (Phi) is 5.11. The molecule has 1 saturated heterocycles. The summed E-state index contributed by atoms with van der Waals surface area (Å²) in [6, 6.07) is 0. The fourth-order valence-electron chi connectivity index (χ4n) is 3.07. The first kappa shape index (κ1) is 12.8. The molecule has 0 aromatic carbocycles. The van der Waals surface area contributed by atoms with E-state index in [2.05, 4.69) is 20.8 Å². The maximum Gasteiger partial charge on any atom is 0.0593 e. The summed E-state index contributed by atoms with van der Waals surface area (Å²) in [5.41, 5.74) is 0.558. The average Bonchev–Trinajstić information content (AvgIpc) is 2.59. The second-order valence-electron chi connectivity index (χ2n) is 5.44. The summed E-state index contributed by atoms with van der Waals surface area (Å²) < 4.78 is 5.53. The van der Waals surface area contributed by atoms with Crippen LogP contribution in [0.3, 0.4) is 0 Å². The van der Waals surface area contributed by atoms with E-state index < -0.39 is 0 Å². The van der Waals surface area contributed by atoms with Crippen molar-refractivity contribution in [1.29, 1.82) is 0 Å². The van der Waals surface area contributed by atoms with Crippen molar-refractivity contribution in [1.82, 2.24) is 4.90 Å². The molecule has 0 atom stereocenters. The molecule has 0 N–H and O–H groups in total. The zero-order chi connectivity index (χ0) is 11.3. The normalized spacial score (nSPS) is 27.6. The second kappa shape index (κ2) is 6.36. The largest absolute Gasteiger partial charge is 0.380 e. The zero-order valence-corrected chi connectivity index (χ0v) is 11.8. The van der Waals surface area contributed by atoms with Gasteiger partial charge in [-0.3, -0.25) is 0 Å². The monoisotopic (exact) mass is 289 g/mol. The molecule has 0 spiro atoms. The number of rotatable bonds is 3. The lowest BCUT2D eigenvalue weighted by Gasteiger charge is -2.39. The number of halogens is 1. The molecule has 1 aliphatic carbocycles. The lowest BCUT2D eigenvalue weighted by molar-refractivity contribution is 0.111. The van der Waals surface area contributed by atoms with E-state index in [0.717, 1.165) is 19.8 Å². The van der Waals surface area contributed by atoms with Crippen molar-refractivity contribution in [2.75, 3.05) is 38.2 Å². The van der Waals surface area contributed by atoms with E-state index in [4.69, 9.17) is 4.74 Å². The second-order valence-corrected chi connectivity index (χ2v) is 6.00. The molecular formula is C13H24BrNO. The molecule has 3 heteroatoms. The summed E-state index contributed by atoms with van der Waals surface area (Å²) in [7, 11) is 0. The molecule has 0 radical (unpaired) electrons. The summed E-state index contributed by atoms with van der Waals surface area (Å²) in [6.07, 6.45) is 8.33. The van der Waals surface area contributed by atoms with Gasteiger partial charge in [-0.2, -0.15) is 0 Å². The van der Waals surface area contributed by atoms with Crippen molar-refractivity contribution >= 4 is 15.9 Å². The molecule has 2 rings (SSSR count). The van der Waals surface area contributed by atoms with Crippen LogP contribution in [0.4, 0.5) is 0 Å². The van der Waals surface area contributed by atoms with Crippen LogP contribution in [0.25, 0.3) is 0 Å². The molecule has 0 unspecified atom stereocenters. The van der Waals surface area contributed by atoms with Gasteiger partial charge in [-0.25, -0.2) is 0 Å². The van der Waals surface area contributed by atoms with Gasteiger partial charge in [0.2, 0.25) is 0 Å². The van der Waals surface area contributed by atoms with E-state index in [1.807, 2.05) is 0 Å². The molecule has 1 saturated carbocycles. The van der Waals surface area contributed by atoms with Crippen LogP contribution in [0.2, 0.25) is 0 Å². The summed E-state index contributed by atoms with van der Waals surface area (Å²) >= 11 is 3.76. The minimum atomic E-state index is 0.558. The Labute approximate surface area is 108 Å². The number of hydrogen-bond acceptors (Lipinski definition) is 2. The lowest BCUT2D eigenvalue weighted by Crippen LogP contribution is -2.41. The summed E-state index contributed by atoms with van der Waals surface area (Å²) in [4.78, 5) is 2.62. The van der Waals surface area contributed by atoms with Gasteiger partial charge in [-0.1, -0.05) is 35.2 Å². The van der Waals surface area contributed by atoms with Gasteiger partial charge in [0.25, 0.3) is 0 Å². The van der Waals surface area contributed by atoms with Crippen molar-refractivity contribution in [3.63, 3.8) is 0 Å². The van der Waals surface area contributed by atoms with E-state index in [9.17, 15) is 0 Å². The minimum absolute atomic E-state index is 0.558. The molecule has 0 aromatic rings. The molecule has 2 aliphatic rings. The predicted molar refractivity (Wildman–Crippen MR) is 71.2 cm³/mol. The van der Waals surface area contributed by atoms with Crippen LogP contribution in [0.5, 0.6) is 0 Å². The highest BCUT2D eigenvalue weighted by atomic mass is 79.9. The van der Waals surface area contributed by atoms with Gasteiger partial charge in [0.05, 0.1) is 6.61 Å². The van der Waals surface area contributed by atoms with Crippen molar-refractivity contribution in [2.24, 2.45) is 5.41 Å². The van der Waals surface area contributed by atoms with Crippen molar-refractivity contribution in [3.8, 4) is 0 Å². The maximum absolute atomic E-state index is 5.53. The quantitative estimate of drug-likeness (QED) is 0.741. The maximum atomic E-state index is 5.53. The van der Waals surface area contributed by atoms with Crippen LogP contribution in [0.1, 0.15) is 38.5 Å². The Bertz CT molecular complexity index is 196. The summed E-state index contributed by atoms with van der Waals surface area (Å²) in [5.74, 6) is 0. The van der Waals surface area contributed by atoms with E-state index in [-0.39, 0.29) is 0 Å². The van der Waals surface area contributed by atoms with E-state index in [0.29, 0.717) is 5.41 Å². The van der Waals surface area contributed by atoms with Crippen LogP contribution < -0.4 is 0 Å². The van der Waals surface area contributed by atoms with Gasteiger partial charge in [-0.05, 0) is 24.7 Å². The first-order valence-corrected chi connectivity index (χ1v) is 7.83. The van der Waals surface area contributed by atoms with Crippen LogP contribution >= 0.6 is 15.9 Å². The van der Waals surface area contributed by atoms with Crippen molar-refractivity contribution in [3.05, 3.63) is 0 Å². The smallest absolute Gasteiger partial charge is 0.0593 e. The first-order valence-electron chi connectivity index (χ1n) is 6.71. The third-order valence-corrected chi connectivity index (χ3v) is 5.26. The molecule has 0 bridgehead atoms. The number of hydrogen-bond donors (Lipinski definition) is 0. The molecule has 0 aromatic heterocycles. The zero-order valence-electron chi connectivity index (χ0n) is 10.2. The topological polar surface area (TPSA) is 12.5 Å². The highest BCUT2D eigenvalue weighted by molar-refractivity contribution is 9.09. The Balaban J connectivity index is 1.88. The van der Waals surface area contributed by atoms with Crippen molar-refractivity contribution < 1.29 is 4.74 Å². The average molecular weight is 290 g/mol. The minimum Gasteiger partial charge on any atom is -0.380 e. The third kappa shape index (κ3) is 3.44. The predicted octanol–water partition coefficient (Wildman–Crippen LogP) is 3.05. The molecular weight excluding hydrogens is 266 g/mol. The van der Waals surface area contributed by atoms with Crippen LogP contribution in [-0.2, 0) is 4.74 Å². The molecule has 16 heavy (non-hydrogen) atoms. The van der Waals surface area contributed by atoms with E-state index in [1.165, 1.54) is 56.9 Å². The standard InChI is InChI=1S/C13H24BrNO/c14-11-13(5-2-1-3-6-13)12-15-7-4-9-16-10-8-15/h1-12H2. The Morgan fingerprint density at radius 3 is 2.56 bits per heavy atom.